The zero-order valence-corrected chi connectivity index (χ0v) is 10.1. The summed E-state index contributed by atoms with van der Waals surface area (Å²) in [5, 5.41) is 10.5. The van der Waals surface area contributed by atoms with E-state index in [1.807, 2.05) is 5.32 Å². The van der Waals surface area contributed by atoms with Gasteiger partial charge < -0.3 is 15.3 Å². The number of fused-ring (bicyclic) bond motifs is 1. The SMILES string of the molecule is CN1C(=O)C(NC(=O)O)CC(F)(F)c2ccccc21. The number of alkyl halides is 2. The van der Waals surface area contributed by atoms with E-state index in [9.17, 15) is 18.4 Å². The number of nitrogens with one attached hydrogen (secondary N) is 1. The van der Waals surface area contributed by atoms with Gasteiger partial charge in [-0.15, -0.1) is 0 Å². The van der Waals surface area contributed by atoms with Crippen molar-refractivity contribution in [3.05, 3.63) is 29.8 Å². The minimum Gasteiger partial charge on any atom is -0.465 e. The minimum atomic E-state index is -3.27. The van der Waals surface area contributed by atoms with Crippen LogP contribution in [0.15, 0.2) is 24.3 Å². The lowest BCUT2D eigenvalue weighted by atomic mass is 10.0. The second kappa shape index (κ2) is 4.49. The number of rotatable bonds is 1. The van der Waals surface area contributed by atoms with Crippen molar-refractivity contribution in [3.63, 3.8) is 0 Å². The second-order valence-corrected chi connectivity index (χ2v) is 4.33. The lowest BCUT2D eigenvalue weighted by Crippen LogP contribution is -2.47. The van der Waals surface area contributed by atoms with Gasteiger partial charge in [0.1, 0.15) is 6.04 Å². The Balaban J connectivity index is 2.48. The van der Waals surface area contributed by atoms with Crippen molar-refractivity contribution in [2.24, 2.45) is 0 Å². The Hall–Kier alpha value is -2.18. The highest BCUT2D eigenvalue weighted by atomic mass is 19.3. The Morgan fingerprint density at radius 2 is 2.11 bits per heavy atom. The lowest BCUT2D eigenvalue weighted by molar-refractivity contribution is -0.122. The average molecular weight is 270 g/mol. The normalized spacial score (nSPS) is 21.5. The predicted octanol–water partition coefficient (Wildman–Crippen LogP) is 1.78. The number of hydrogen-bond donors (Lipinski definition) is 2. The van der Waals surface area contributed by atoms with Crippen molar-refractivity contribution in [1.82, 2.24) is 5.32 Å². The summed E-state index contributed by atoms with van der Waals surface area (Å²) in [5.74, 6) is -3.98. The molecule has 0 radical (unpaired) electrons. The van der Waals surface area contributed by atoms with Crippen LogP contribution in [0.4, 0.5) is 19.3 Å². The van der Waals surface area contributed by atoms with E-state index in [-0.39, 0.29) is 11.3 Å². The number of amides is 2. The van der Waals surface area contributed by atoms with E-state index in [1.165, 1.54) is 25.2 Å². The fraction of sp³-hybridized carbons (Fsp3) is 0.333. The molecule has 0 fully saturated rings. The molecule has 0 bridgehead atoms. The fourth-order valence-corrected chi connectivity index (χ4v) is 2.14. The van der Waals surface area contributed by atoms with Crippen LogP contribution >= 0.6 is 0 Å². The number of hydrogen-bond acceptors (Lipinski definition) is 2. The van der Waals surface area contributed by atoms with Gasteiger partial charge in [-0.3, -0.25) is 4.79 Å². The van der Waals surface area contributed by atoms with Crippen molar-refractivity contribution < 1.29 is 23.5 Å². The van der Waals surface area contributed by atoms with Crippen LogP contribution in [-0.4, -0.2) is 30.2 Å². The molecule has 0 spiro atoms. The first kappa shape index (κ1) is 13.3. The van der Waals surface area contributed by atoms with Crippen LogP contribution < -0.4 is 10.2 Å². The van der Waals surface area contributed by atoms with E-state index in [1.54, 1.807) is 6.07 Å². The highest BCUT2D eigenvalue weighted by Crippen LogP contribution is 2.41. The van der Waals surface area contributed by atoms with Gasteiger partial charge in [-0.05, 0) is 6.07 Å². The fourth-order valence-electron chi connectivity index (χ4n) is 2.14. The van der Waals surface area contributed by atoms with Crippen LogP contribution in [0.2, 0.25) is 0 Å². The molecule has 2 rings (SSSR count). The molecule has 2 N–H and O–H groups in total. The second-order valence-electron chi connectivity index (χ2n) is 4.33. The molecule has 1 atom stereocenters. The number of carbonyl (C=O) groups excluding carboxylic acids is 1. The van der Waals surface area contributed by atoms with Crippen LogP contribution in [0.1, 0.15) is 12.0 Å². The zero-order chi connectivity index (χ0) is 14.2. The number of anilines is 1. The molecule has 1 aromatic rings. The number of likely N-dealkylation sites (N-methyl/N-ethyl adjacent to an activating group) is 1. The Bertz CT molecular complexity index is 533. The van der Waals surface area contributed by atoms with Crippen LogP contribution in [0.3, 0.4) is 0 Å². The van der Waals surface area contributed by atoms with Crippen molar-refractivity contribution in [2.45, 2.75) is 18.4 Å². The van der Waals surface area contributed by atoms with Crippen LogP contribution in [0, 0.1) is 0 Å². The van der Waals surface area contributed by atoms with E-state index < -0.39 is 30.4 Å². The van der Waals surface area contributed by atoms with Gasteiger partial charge in [0.05, 0.1) is 5.69 Å². The van der Waals surface area contributed by atoms with Gasteiger partial charge >= 0.3 is 6.09 Å². The van der Waals surface area contributed by atoms with Gasteiger partial charge in [0, 0.05) is 19.0 Å². The minimum absolute atomic E-state index is 0.0900. The third-order valence-electron chi connectivity index (χ3n) is 3.05. The maximum Gasteiger partial charge on any atom is 0.405 e. The smallest absolute Gasteiger partial charge is 0.405 e. The molecule has 1 heterocycles. The molecule has 102 valence electrons. The van der Waals surface area contributed by atoms with Crippen LogP contribution in [-0.2, 0) is 10.7 Å². The number of carbonyl (C=O) groups is 2. The molecule has 1 aliphatic heterocycles. The molecule has 0 saturated heterocycles. The molecule has 0 saturated carbocycles. The Morgan fingerprint density at radius 3 is 2.74 bits per heavy atom. The third kappa shape index (κ3) is 2.35. The molecular formula is C12H12F2N2O3. The Labute approximate surface area is 107 Å². The maximum atomic E-state index is 14.1. The topological polar surface area (TPSA) is 69.6 Å². The molecular weight excluding hydrogens is 258 g/mol. The van der Waals surface area contributed by atoms with Gasteiger partial charge in [0.2, 0.25) is 5.91 Å². The van der Waals surface area contributed by atoms with Crippen molar-refractivity contribution >= 4 is 17.7 Å². The molecule has 1 aliphatic rings. The van der Waals surface area contributed by atoms with Gasteiger partial charge in [0.25, 0.3) is 5.92 Å². The van der Waals surface area contributed by atoms with E-state index in [4.69, 9.17) is 5.11 Å². The molecule has 1 unspecified atom stereocenters. The molecule has 5 nitrogen and oxygen atoms in total. The van der Waals surface area contributed by atoms with E-state index in [2.05, 4.69) is 0 Å². The van der Waals surface area contributed by atoms with E-state index >= 15 is 0 Å². The molecule has 2 amide bonds. The summed E-state index contributed by atoms with van der Waals surface area (Å²) in [7, 11) is 1.35. The number of para-hydroxylation sites is 1. The molecule has 19 heavy (non-hydrogen) atoms. The van der Waals surface area contributed by atoms with Gasteiger partial charge in [-0.1, -0.05) is 18.2 Å². The molecule has 0 aliphatic carbocycles. The Morgan fingerprint density at radius 1 is 1.47 bits per heavy atom. The molecule has 7 heteroatoms. The van der Waals surface area contributed by atoms with Crippen molar-refractivity contribution in [2.75, 3.05) is 11.9 Å². The first-order valence-electron chi connectivity index (χ1n) is 5.57. The number of nitrogens with zero attached hydrogens (tertiary/aromatic N) is 1. The summed E-state index contributed by atoms with van der Waals surface area (Å²) in [6, 6.07) is 4.18. The number of benzene rings is 1. The third-order valence-corrected chi connectivity index (χ3v) is 3.05. The van der Waals surface area contributed by atoms with Crippen LogP contribution in [0.25, 0.3) is 0 Å². The first-order valence-corrected chi connectivity index (χ1v) is 5.57. The summed E-state index contributed by atoms with van der Waals surface area (Å²) >= 11 is 0. The lowest BCUT2D eigenvalue weighted by Gasteiger charge is -2.20. The largest absolute Gasteiger partial charge is 0.465 e. The number of halogens is 2. The van der Waals surface area contributed by atoms with E-state index in [0.717, 1.165) is 4.90 Å². The van der Waals surface area contributed by atoms with Crippen LogP contribution in [0.5, 0.6) is 0 Å². The molecule has 0 aromatic heterocycles. The zero-order valence-electron chi connectivity index (χ0n) is 10.1. The van der Waals surface area contributed by atoms with Gasteiger partial charge in [-0.25, -0.2) is 13.6 Å². The summed E-state index contributed by atoms with van der Waals surface area (Å²) in [6.07, 6.45) is -2.40. The maximum absolute atomic E-state index is 14.1. The summed E-state index contributed by atoms with van der Waals surface area (Å²) < 4.78 is 28.2. The standard InChI is InChI=1S/C12H12F2N2O3/c1-16-9-5-3-2-4-7(9)12(13,14)6-8(10(16)17)15-11(18)19/h2-5,8,15H,6H2,1H3,(H,18,19). The summed E-state index contributed by atoms with van der Waals surface area (Å²) in [5.41, 5.74) is -0.187. The number of carboxylic acid groups (broad SMARTS) is 1. The quantitative estimate of drug-likeness (QED) is 0.817. The van der Waals surface area contributed by atoms with Gasteiger partial charge in [0.15, 0.2) is 0 Å². The van der Waals surface area contributed by atoms with E-state index in [0.29, 0.717) is 0 Å². The highest BCUT2D eigenvalue weighted by Gasteiger charge is 2.44. The predicted molar refractivity (Wildman–Crippen MR) is 63.3 cm³/mol. The monoisotopic (exact) mass is 270 g/mol. The first-order chi connectivity index (χ1) is 8.83. The van der Waals surface area contributed by atoms with Gasteiger partial charge in [-0.2, -0.15) is 0 Å². The van der Waals surface area contributed by atoms with Crippen molar-refractivity contribution in [3.8, 4) is 0 Å². The average Bonchev–Trinajstić information content (AvgIpc) is 2.40. The Kier molecular flexibility index (Phi) is 3.13. The highest BCUT2D eigenvalue weighted by molar-refractivity contribution is 5.99. The summed E-state index contributed by atoms with van der Waals surface area (Å²) in [6.45, 7) is 0. The summed E-state index contributed by atoms with van der Waals surface area (Å²) in [4.78, 5) is 23.6. The molecule has 1 aromatic carbocycles. The van der Waals surface area contributed by atoms with Crippen molar-refractivity contribution in [1.29, 1.82) is 0 Å².